The van der Waals surface area contributed by atoms with Gasteiger partial charge < -0.3 is 15.0 Å². The van der Waals surface area contributed by atoms with E-state index in [4.69, 9.17) is 4.74 Å². The van der Waals surface area contributed by atoms with Crippen LogP contribution in [-0.2, 0) is 22.6 Å². The molecule has 2 amide bonds. The predicted octanol–water partition coefficient (Wildman–Crippen LogP) is 4.02. The molecule has 1 aliphatic rings. The summed E-state index contributed by atoms with van der Waals surface area (Å²) in [6.07, 6.45) is 3.69. The number of benzene rings is 2. The number of hydrogen-bond donors (Lipinski definition) is 2. The topological polar surface area (TPSA) is 106 Å². The number of aromatic nitrogens is 2. The van der Waals surface area contributed by atoms with E-state index in [1.807, 2.05) is 30.3 Å². The van der Waals surface area contributed by atoms with Crippen molar-refractivity contribution in [1.29, 1.82) is 0 Å². The number of carbonyl (C=O) groups is 2. The Hall–Kier alpha value is -3.98. The van der Waals surface area contributed by atoms with Gasteiger partial charge in [0.1, 0.15) is 0 Å². The molecule has 0 unspecified atom stereocenters. The SMILES string of the molecule is CCOC(=O)Nc1cccc(Cn2nc(-c3cccc(CNC(=O)CCN4CCCCC4)c3)ccc2=O)c1. The van der Waals surface area contributed by atoms with E-state index in [2.05, 4.69) is 20.6 Å². The summed E-state index contributed by atoms with van der Waals surface area (Å²) in [5.41, 5.74) is 3.64. The van der Waals surface area contributed by atoms with Gasteiger partial charge in [0.25, 0.3) is 5.56 Å². The second kappa shape index (κ2) is 13.5. The van der Waals surface area contributed by atoms with Crippen LogP contribution in [-0.4, -0.2) is 52.9 Å². The highest BCUT2D eigenvalue weighted by Gasteiger charge is 2.12. The fourth-order valence-corrected chi connectivity index (χ4v) is 4.49. The predicted molar refractivity (Wildman–Crippen MR) is 147 cm³/mol. The molecular weight excluding hydrogens is 482 g/mol. The molecule has 1 saturated heterocycles. The molecule has 0 aliphatic carbocycles. The van der Waals surface area contributed by atoms with Crippen molar-refractivity contribution in [2.24, 2.45) is 0 Å². The second-order valence-corrected chi connectivity index (χ2v) is 9.39. The van der Waals surface area contributed by atoms with Crippen LogP contribution in [0.1, 0.15) is 43.7 Å². The van der Waals surface area contributed by atoms with E-state index in [0.29, 0.717) is 24.3 Å². The van der Waals surface area contributed by atoms with Crippen LogP contribution in [0.15, 0.2) is 65.5 Å². The third-order valence-corrected chi connectivity index (χ3v) is 6.46. The Bertz CT molecular complexity index is 1300. The summed E-state index contributed by atoms with van der Waals surface area (Å²) in [5.74, 6) is 0.0485. The smallest absolute Gasteiger partial charge is 0.411 e. The molecule has 1 fully saturated rings. The molecule has 0 bridgehead atoms. The van der Waals surface area contributed by atoms with Gasteiger partial charge in [-0.25, -0.2) is 9.48 Å². The number of amides is 2. The number of nitrogens with zero attached hydrogens (tertiary/aromatic N) is 3. The summed E-state index contributed by atoms with van der Waals surface area (Å²) in [4.78, 5) is 39.0. The van der Waals surface area contributed by atoms with Crippen molar-refractivity contribution < 1.29 is 14.3 Å². The van der Waals surface area contributed by atoms with E-state index in [-0.39, 0.29) is 24.6 Å². The third-order valence-electron chi connectivity index (χ3n) is 6.46. The number of likely N-dealkylation sites (tertiary alicyclic amines) is 1. The van der Waals surface area contributed by atoms with E-state index in [0.717, 1.165) is 36.3 Å². The Morgan fingerprint density at radius 2 is 1.76 bits per heavy atom. The number of carbonyl (C=O) groups excluding carboxylic acids is 2. The van der Waals surface area contributed by atoms with Gasteiger partial charge in [0, 0.05) is 36.8 Å². The summed E-state index contributed by atoms with van der Waals surface area (Å²) >= 11 is 0. The highest BCUT2D eigenvalue weighted by Crippen LogP contribution is 2.18. The molecule has 0 saturated carbocycles. The molecule has 0 atom stereocenters. The van der Waals surface area contributed by atoms with Gasteiger partial charge in [0.15, 0.2) is 0 Å². The molecular formula is C29H35N5O4. The summed E-state index contributed by atoms with van der Waals surface area (Å²) in [6, 6.07) is 18.2. The van der Waals surface area contributed by atoms with Crippen LogP contribution in [0.2, 0.25) is 0 Å². The van der Waals surface area contributed by atoms with Crippen LogP contribution in [0.4, 0.5) is 10.5 Å². The van der Waals surface area contributed by atoms with E-state index in [9.17, 15) is 14.4 Å². The number of piperidine rings is 1. The number of anilines is 1. The van der Waals surface area contributed by atoms with Crippen molar-refractivity contribution in [1.82, 2.24) is 20.0 Å². The lowest BCUT2D eigenvalue weighted by atomic mass is 10.1. The fourth-order valence-electron chi connectivity index (χ4n) is 4.49. The van der Waals surface area contributed by atoms with Crippen LogP contribution >= 0.6 is 0 Å². The number of nitrogens with one attached hydrogen (secondary N) is 2. The first-order valence-electron chi connectivity index (χ1n) is 13.2. The average molecular weight is 518 g/mol. The molecule has 4 rings (SSSR count). The molecule has 0 spiro atoms. The van der Waals surface area contributed by atoms with Crippen molar-refractivity contribution in [3.8, 4) is 11.3 Å². The Morgan fingerprint density at radius 3 is 2.58 bits per heavy atom. The minimum absolute atomic E-state index is 0.0485. The molecule has 9 nitrogen and oxygen atoms in total. The van der Waals surface area contributed by atoms with Crippen molar-refractivity contribution >= 4 is 17.7 Å². The highest BCUT2D eigenvalue weighted by atomic mass is 16.5. The molecule has 3 aromatic rings. The van der Waals surface area contributed by atoms with Gasteiger partial charge in [-0.3, -0.25) is 14.9 Å². The highest BCUT2D eigenvalue weighted by molar-refractivity contribution is 5.84. The van der Waals surface area contributed by atoms with Gasteiger partial charge in [-0.1, -0.05) is 36.8 Å². The molecule has 200 valence electrons. The minimum atomic E-state index is -0.528. The molecule has 0 radical (unpaired) electrons. The van der Waals surface area contributed by atoms with Gasteiger partial charge >= 0.3 is 6.09 Å². The zero-order chi connectivity index (χ0) is 26.7. The Kier molecular flexibility index (Phi) is 9.64. The molecule has 1 aromatic heterocycles. The second-order valence-electron chi connectivity index (χ2n) is 9.39. The molecule has 38 heavy (non-hydrogen) atoms. The van der Waals surface area contributed by atoms with Crippen LogP contribution in [0.25, 0.3) is 11.3 Å². The van der Waals surface area contributed by atoms with E-state index in [1.165, 1.54) is 30.0 Å². The summed E-state index contributed by atoms with van der Waals surface area (Å²) in [6.45, 7) is 5.68. The largest absolute Gasteiger partial charge is 0.450 e. The third kappa shape index (κ3) is 8.01. The van der Waals surface area contributed by atoms with Crippen LogP contribution in [0.3, 0.4) is 0 Å². The Balaban J connectivity index is 1.38. The average Bonchev–Trinajstić information content (AvgIpc) is 2.93. The monoisotopic (exact) mass is 517 g/mol. The quantitative estimate of drug-likeness (QED) is 0.421. The number of ether oxygens (including phenoxy) is 1. The summed E-state index contributed by atoms with van der Waals surface area (Å²) in [7, 11) is 0. The van der Waals surface area contributed by atoms with Crippen molar-refractivity contribution in [3.63, 3.8) is 0 Å². The number of hydrogen-bond acceptors (Lipinski definition) is 6. The van der Waals surface area contributed by atoms with E-state index < -0.39 is 6.09 Å². The van der Waals surface area contributed by atoms with Crippen LogP contribution in [0, 0.1) is 0 Å². The molecule has 2 N–H and O–H groups in total. The summed E-state index contributed by atoms with van der Waals surface area (Å²) < 4.78 is 6.32. The van der Waals surface area contributed by atoms with Crippen LogP contribution in [0.5, 0.6) is 0 Å². The Morgan fingerprint density at radius 1 is 0.974 bits per heavy atom. The lowest BCUT2D eigenvalue weighted by molar-refractivity contribution is -0.121. The fraction of sp³-hybridized carbons (Fsp3) is 0.379. The normalized spacial score (nSPS) is 13.6. The van der Waals surface area contributed by atoms with E-state index in [1.54, 1.807) is 31.2 Å². The first-order valence-corrected chi connectivity index (χ1v) is 13.2. The first-order chi connectivity index (χ1) is 18.5. The number of rotatable bonds is 10. The van der Waals surface area contributed by atoms with Gasteiger partial charge in [-0.15, -0.1) is 0 Å². The van der Waals surface area contributed by atoms with Gasteiger partial charge in [0.05, 0.1) is 18.8 Å². The molecule has 2 aromatic carbocycles. The standard InChI is InChI=1S/C29H35N5O4/c1-2-38-29(37)31-25-11-7-9-23(19-25)21-34-28(36)13-12-26(32-34)24-10-6-8-22(18-24)20-30-27(35)14-17-33-15-4-3-5-16-33/h6-13,18-19H,2-5,14-17,20-21H2,1H3,(H,30,35)(H,31,37). The van der Waals surface area contributed by atoms with Gasteiger partial charge in [-0.05, 0) is 68.2 Å². The van der Waals surface area contributed by atoms with Crippen molar-refractivity contribution in [2.45, 2.75) is 45.7 Å². The lowest BCUT2D eigenvalue weighted by Crippen LogP contribution is -2.34. The minimum Gasteiger partial charge on any atom is -0.450 e. The summed E-state index contributed by atoms with van der Waals surface area (Å²) in [5, 5.41) is 10.3. The maximum Gasteiger partial charge on any atom is 0.411 e. The maximum atomic E-state index is 12.5. The Labute approximate surface area is 222 Å². The van der Waals surface area contributed by atoms with Crippen molar-refractivity contribution in [3.05, 3.63) is 82.1 Å². The zero-order valence-corrected chi connectivity index (χ0v) is 21.8. The lowest BCUT2D eigenvalue weighted by Gasteiger charge is -2.25. The molecule has 9 heteroatoms. The molecule has 2 heterocycles. The van der Waals surface area contributed by atoms with Gasteiger partial charge in [-0.2, -0.15) is 5.10 Å². The molecule has 1 aliphatic heterocycles. The first kappa shape index (κ1) is 27.1. The maximum absolute atomic E-state index is 12.5. The zero-order valence-electron chi connectivity index (χ0n) is 21.8. The van der Waals surface area contributed by atoms with Gasteiger partial charge in [0.2, 0.25) is 5.91 Å². The van der Waals surface area contributed by atoms with Crippen molar-refractivity contribution in [2.75, 3.05) is 31.6 Å². The van der Waals surface area contributed by atoms with Crippen LogP contribution < -0.4 is 16.2 Å². The van der Waals surface area contributed by atoms with E-state index >= 15 is 0 Å².